The van der Waals surface area contributed by atoms with Crippen LogP contribution in [0.15, 0.2) is 59.1 Å². The summed E-state index contributed by atoms with van der Waals surface area (Å²) < 4.78 is 29.5. The van der Waals surface area contributed by atoms with Gasteiger partial charge in [-0.1, -0.05) is 29.4 Å². The average molecular weight is 465 g/mol. The van der Waals surface area contributed by atoms with E-state index in [4.69, 9.17) is 14.0 Å². The number of carbonyl (C=O) groups excluding carboxylic acids is 2. The van der Waals surface area contributed by atoms with Crippen LogP contribution in [-0.4, -0.2) is 48.3 Å². The number of carbonyl (C=O) groups is 2. The van der Waals surface area contributed by atoms with E-state index in [1.807, 2.05) is 24.3 Å². The molecule has 2 aliphatic rings. The van der Waals surface area contributed by atoms with Crippen LogP contribution in [0.4, 0.5) is 9.18 Å². The maximum Gasteiger partial charge on any atom is 0.410 e. The molecule has 1 saturated heterocycles. The van der Waals surface area contributed by atoms with E-state index in [0.29, 0.717) is 18.8 Å². The Labute approximate surface area is 195 Å². The van der Waals surface area contributed by atoms with Crippen LogP contribution in [0, 0.1) is 11.2 Å². The summed E-state index contributed by atoms with van der Waals surface area (Å²) in [5.74, 6) is 0.488. The van der Waals surface area contributed by atoms with Crippen molar-refractivity contribution in [3.8, 4) is 16.9 Å². The quantitative estimate of drug-likeness (QED) is 0.591. The predicted molar refractivity (Wildman–Crippen MR) is 120 cm³/mol. The zero-order chi connectivity index (χ0) is 23.7. The maximum atomic E-state index is 13.1. The molecule has 1 N–H and O–H groups in total. The predicted octanol–water partition coefficient (Wildman–Crippen LogP) is 4.02. The smallest absolute Gasteiger partial charge is 0.410 e. The van der Waals surface area contributed by atoms with E-state index in [2.05, 4.69) is 10.5 Å². The van der Waals surface area contributed by atoms with Crippen molar-refractivity contribution < 1.29 is 28.0 Å². The molecule has 2 aromatic carbocycles. The summed E-state index contributed by atoms with van der Waals surface area (Å²) in [6.45, 7) is 1.19. The van der Waals surface area contributed by atoms with Crippen LogP contribution in [0.5, 0.6) is 5.75 Å². The fourth-order valence-electron chi connectivity index (χ4n) is 4.54. The lowest BCUT2D eigenvalue weighted by atomic mass is 9.62. The summed E-state index contributed by atoms with van der Waals surface area (Å²) in [6, 6.07) is 15.6. The molecular formula is C25H24FN3O5. The number of hydrogen-bond donors (Lipinski definition) is 1. The van der Waals surface area contributed by atoms with Gasteiger partial charge >= 0.3 is 6.09 Å². The van der Waals surface area contributed by atoms with E-state index in [9.17, 15) is 14.0 Å². The number of likely N-dealkylation sites (tertiary alicyclic amines) is 1. The third-order valence-corrected chi connectivity index (χ3v) is 6.32. The van der Waals surface area contributed by atoms with Gasteiger partial charge in [-0.05, 0) is 48.2 Å². The van der Waals surface area contributed by atoms with Crippen LogP contribution >= 0.6 is 0 Å². The normalized spacial score (nSPS) is 16.5. The van der Waals surface area contributed by atoms with Crippen molar-refractivity contribution >= 4 is 12.0 Å². The van der Waals surface area contributed by atoms with Gasteiger partial charge in [0.15, 0.2) is 18.1 Å². The van der Waals surface area contributed by atoms with Gasteiger partial charge in [0.1, 0.15) is 17.7 Å². The lowest BCUT2D eigenvalue weighted by molar-refractivity contribution is -0.110. The van der Waals surface area contributed by atoms with Gasteiger partial charge in [-0.15, -0.1) is 0 Å². The Kier molecular flexibility index (Phi) is 5.69. The van der Waals surface area contributed by atoms with Gasteiger partial charge in [0.05, 0.1) is 0 Å². The Balaban J connectivity index is 1.04. The highest BCUT2D eigenvalue weighted by molar-refractivity contribution is 5.91. The van der Waals surface area contributed by atoms with E-state index >= 15 is 0 Å². The standard InChI is InChI=1S/C25H24FN3O5/c1-27-23(30)22-10-20(34-28-22)13-32-24(31)29-14-25(15-29)11-21(12-25)33-19-8-4-17(5-9-19)16-2-6-18(26)7-3-16/h2-10,21H,11-15H2,1H3,(H,27,30). The first-order valence-electron chi connectivity index (χ1n) is 11.1. The average Bonchev–Trinajstić information content (AvgIpc) is 3.28. The minimum Gasteiger partial charge on any atom is -0.490 e. The van der Waals surface area contributed by atoms with Crippen LogP contribution in [0.3, 0.4) is 0 Å². The Morgan fingerprint density at radius 1 is 1.12 bits per heavy atom. The van der Waals surface area contributed by atoms with Crippen molar-refractivity contribution in [3.05, 3.63) is 71.9 Å². The van der Waals surface area contributed by atoms with Gasteiger partial charge in [0.25, 0.3) is 5.91 Å². The summed E-state index contributed by atoms with van der Waals surface area (Å²) >= 11 is 0. The Bertz CT molecular complexity index is 1180. The number of rotatable bonds is 6. The third kappa shape index (κ3) is 4.46. The van der Waals surface area contributed by atoms with Crippen molar-refractivity contribution in [1.29, 1.82) is 0 Å². The van der Waals surface area contributed by atoms with Gasteiger partial charge in [-0.25, -0.2) is 9.18 Å². The van der Waals surface area contributed by atoms with E-state index in [-0.39, 0.29) is 35.5 Å². The summed E-state index contributed by atoms with van der Waals surface area (Å²) in [5, 5.41) is 6.08. The molecule has 1 spiro atoms. The summed E-state index contributed by atoms with van der Waals surface area (Å²) in [5.41, 5.74) is 2.19. The fourth-order valence-corrected chi connectivity index (χ4v) is 4.54. The largest absolute Gasteiger partial charge is 0.490 e. The van der Waals surface area contributed by atoms with Crippen molar-refractivity contribution in [2.24, 2.45) is 5.41 Å². The topological polar surface area (TPSA) is 93.9 Å². The molecule has 9 heteroatoms. The molecule has 1 aliphatic carbocycles. The number of nitrogens with one attached hydrogen (secondary N) is 1. The molecule has 1 aromatic heterocycles. The molecule has 34 heavy (non-hydrogen) atoms. The molecule has 2 fully saturated rings. The molecule has 3 aromatic rings. The number of amides is 2. The number of aromatic nitrogens is 1. The van der Waals surface area contributed by atoms with Crippen LogP contribution in [0.25, 0.3) is 11.1 Å². The van der Waals surface area contributed by atoms with Crippen LogP contribution in [0.1, 0.15) is 29.1 Å². The number of halogens is 1. The minimum absolute atomic E-state index is 0.0774. The van der Waals surface area contributed by atoms with Crippen molar-refractivity contribution in [3.63, 3.8) is 0 Å². The van der Waals surface area contributed by atoms with E-state index in [1.165, 1.54) is 25.2 Å². The molecule has 176 valence electrons. The molecule has 1 saturated carbocycles. The van der Waals surface area contributed by atoms with Gasteiger partial charge in [0.2, 0.25) is 0 Å². The molecule has 2 amide bonds. The van der Waals surface area contributed by atoms with Crippen LogP contribution in [0.2, 0.25) is 0 Å². The van der Waals surface area contributed by atoms with Gasteiger partial charge in [-0.3, -0.25) is 4.79 Å². The summed E-state index contributed by atoms with van der Waals surface area (Å²) in [7, 11) is 1.50. The molecule has 0 atom stereocenters. The lowest BCUT2D eigenvalue weighted by Gasteiger charge is -2.57. The molecule has 0 unspecified atom stereocenters. The first kappa shape index (κ1) is 21.9. The van der Waals surface area contributed by atoms with Crippen LogP contribution < -0.4 is 10.1 Å². The molecule has 8 nitrogen and oxygen atoms in total. The number of hydrogen-bond acceptors (Lipinski definition) is 6. The molecule has 5 rings (SSSR count). The second-order valence-electron chi connectivity index (χ2n) is 8.85. The molecule has 2 heterocycles. The first-order chi connectivity index (χ1) is 16.4. The Hall–Kier alpha value is -3.88. The van der Waals surface area contributed by atoms with Crippen molar-refractivity contribution in [2.45, 2.75) is 25.6 Å². The van der Waals surface area contributed by atoms with Gasteiger partial charge in [-0.2, -0.15) is 0 Å². The van der Waals surface area contributed by atoms with Crippen molar-refractivity contribution in [2.75, 3.05) is 20.1 Å². The zero-order valence-electron chi connectivity index (χ0n) is 18.6. The highest BCUT2D eigenvalue weighted by Crippen LogP contribution is 2.49. The third-order valence-electron chi connectivity index (χ3n) is 6.32. The minimum atomic E-state index is -0.413. The van der Waals surface area contributed by atoms with Gasteiger partial charge < -0.3 is 24.2 Å². The Morgan fingerprint density at radius 3 is 2.41 bits per heavy atom. The fraction of sp³-hybridized carbons (Fsp3) is 0.320. The highest BCUT2D eigenvalue weighted by atomic mass is 19.1. The lowest BCUT2D eigenvalue weighted by Crippen LogP contribution is -2.65. The van der Waals surface area contributed by atoms with Crippen LogP contribution in [-0.2, 0) is 11.3 Å². The summed E-state index contributed by atoms with van der Waals surface area (Å²) in [4.78, 5) is 25.4. The molecule has 0 radical (unpaired) electrons. The molecule has 0 bridgehead atoms. The van der Waals surface area contributed by atoms with E-state index in [1.54, 1.807) is 17.0 Å². The Morgan fingerprint density at radius 2 is 1.76 bits per heavy atom. The molecule has 1 aliphatic heterocycles. The SMILES string of the molecule is CNC(=O)c1cc(COC(=O)N2CC3(CC(Oc4ccc(-c5ccc(F)cc5)cc4)C3)C2)on1. The zero-order valence-corrected chi connectivity index (χ0v) is 18.6. The summed E-state index contributed by atoms with van der Waals surface area (Å²) in [6.07, 6.45) is 1.47. The monoisotopic (exact) mass is 465 g/mol. The maximum absolute atomic E-state index is 13.1. The van der Waals surface area contributed by atoms with Crippen molar-refractivity contribution in [1.82, 2.24) is 15.4 Å². The highest BCUT2D eigenvalue weighted by Gasteiger charge is 2.55. The van der Waals surface area contributed by atoms with E-state index in [0.717, 1.165) is 29.7 Å². The van der Waals surface area contributed by atoms with E-state index < -0.39 is 6.09 Å². The van der Waals surface area contributed by atoms with Gasteiger partial charge in [0, 0.05) is 31.6 Å². The second-order valence-corrected chi connectivity index (χ2v) is 8.85. The second kappa shape index (κ2) is 8.81. The number of benzene rings is 2. The number of ether oxygens (including phenoxy) is 2. The first-order valence-corrected chi connectivity index (χ1v) is 11.1. The molecular weight excluding hydrogens is 441 g/mol. The number of nitrogens with zero attached hydrogens (tertiary/aromatic N) is 2.